The number of rotatable bonds is 7. The van der Waals surface area contributed by atoms with Gasteiger partial charge in [-0.05, 0) is 30.7 Å². The van der Waals surface area contributed by atoms with E-state index >= 15 is 0 Å². The Kier molecular flexibility index (Phi) is 10.0. The minimum Gasteiger partial charge on any atom is -0.493 e. The molecule has 7 nitrogen and oxygen atoms in total. The van der Waals surface area contributed by atoms with E-state index in [1.165, 1.54) is 11.3 Å². The number of hydrogen-bond acceptors (Lipinski definition) is 5. The molecule has 2 aromatic carbocycles. The van der Waals surface area contributed by atoms with Crippen molar-refractivity contribution in [1.82, 2.24) is 5.32 Å². The smallest absolute Gasteiger partial charge is 0.195 e. The van der Waals surface area contributed by atoms with Crippen LogP contribution in [0.1, 0.15) is 12.5 Å². The van der Waals surface area contributed by atoms with Crippen molar-refractivity contribution in [1.29, 1.82) is 0 Å². The van der Waals surface area contributed by atoms with Crippen molar-refractivity contribution >= 4 is 41.3 Å². The first-order valence-corrected chi connectivity index (χ1v) is 9.94. The molecule has 1 heterocycles. The number of methoxy groups -OCH3 is 1. The molecule has 0 aromatic heterocycles. The molecule has 164 valence electrons. The van der Waals surface area contributed by atoms with Gasteiger partial charge in [-0.1, -0.05) is 18.2 Å². The molecule has 1 aliphatic heterocycles. The summed E-state index contributed by atoms with van der Waals surface area (Å²) in [7, 11) is 3.40. The highest BCUT2D eigenvalue weighted by Crippen LogP contribution is 2.30. The second-order valence-corrected chi connectivity index (χ2v) is 6.58. The van der Waals surface area contributed by atoms with Gasteiger partial charge in [0, 0.05) is 44.1 Å². The van der Waals surface area contributed by atoms with Gasteiger partial charge in [0.1, 0.15) is 0 Å². The van der Waals surface area contributed by atoms with Crippen LogP contribution in [-0.4, -0.2) is 53.0 Å². The van der Waals surface area contributed by atoms with Gasteiger partial charge in [-0.2, -0.15) is 0 Å². The van der Waals surface area contributed by atoms with Crippen LogP contribution in [0.3, 0.4) is 0 Å². The van der Waals surface area contributed by atoms with E-state index in [0.29, 0.717) is 24.9 Å². The van der Waals surface area contributed by atoms with Crippen molar-refractivity contribution in [3.63, 3.8) is 0 Å². The summed E-state index contributed by atoms with van der Waals surface area (Å²) in [6, 6.07) is 14.2. The first-order chi connectivity index (χ1) is 14.2. The molecule has 0 aliphatic carbocycles. The molecule has 8 heteroatoms. The van der Waals surface area contributed by atoms with Crippen molar-refractivity contribution in [3.8, 4) is 11.5 Å². The molecular formula is C22H31IN4O3. The standard InChI is InChI=1S/C22H30N4O3.HI/c1-4-29-20-10-9-18(15-21(20)27-3)25-22(23-2)24-16-17-7-5-6-8-19(17)26-11-13-28-14-12-26;/h5-10,15H,4,11-14,16H2,1-3H3,(H2,23,24,25);1H. The Bertz CT molecular complexity index is 826. The molecule has 2 N–H and O–H groups in total. The van der Waals surface area contributed by atoms with Crippen LogP contribution in [0.25, 0.3) is 0 Å². The van der Waals surface area contributed by atoms with Gasteiger partial charge in [-0.3, -0.25) is 4.99 Å². The Balaban J connectivity index is 0.00000320. The van der Waals surface area contributed by atoms with Gasteiger partial charge in [-0.15, -0.1) is 24.0 Å². The van der Waals surface area contributed by atoms with Crippen molar-refractivity contribution in [2.45, 2.75) is 13.5 Å². The van der Waals surface area contributed by atoms with Crippen molar-refractivity contribution in [2.75, 3.05) is 57.3 Å². The lowest BCUT2D eigenvalue weighted by Gasteiger charge is -2.30. The van der Waals surface area contributed by atoms with Crippen LogP contribution in [0.4, 0.5) is 11.4 Å². The van der Waals surface area contributed by atoms with Crippen LogP contribution in [-0.2, 0) is 11.3 Å². The number of anilines is 2. The van der Waals surface area contributed by atoms with Gasteiger partial charge in [0.15, 0.2) is 17.5 Å². The van der Waals surface area contributed by atoms with E-state index in [0.717, 1.165) is 37.7 Å². The van der Waals surface area contributed by atoms with E-state index in [4.69, 9.17) is 14.2 Å². The van der Waals surface area contributed by atoms with Crippen LogP contribution >= 0.6 is 24.0 Å². The van der Waals surface area contributed by atoms with E-state index in [9.17, 15) is 0 Å². The first kappa shape index (κ1) is 24.1. The molecule has 1 saturated heterocycles. The Hall–Kier alpha value is -2.20. The van der Waals surface area contributed by atoms with E-state index in [1.54, 1.807) is 14.2 Å². The average Bonchev–Trinajstić information content (AvgIpc) is 2.78. The molecule has 0 saturated carbocycles. The van der Waals surface area contributed by atoms with E-state index in [2.05, 4.69) is 44.8 Å². The highest BCUT2D eigenvalue weighted by Gasteiger charge is 2.14. The number of guanidine groups is 1. The number of hydrogen-bond donors (Lipinski definition) is 2. The molecule has 0 bridgehead atoms. The number of benzene rings is 2. The van der Waals surface area contributed by atoms with Gasteiger partial charge < -0.3 is 29.7 Å². The predicted molar refractivity (Wildman–Crippen MR) is 133 cm³/mol. The highest BCUT2D eigenvalue weighted by molar-refractivity contribution is 14.0. The van der Waals surface area contributed by atoms with Crippen LogP contribution in [0.2, 0.25) is 0 Å². The third kappa shape index (κ3) is 6.40. The Labute approximate surface area is 195 Å². The predicted octanol–water partition coefficient (Wildman–Crippen LogP) is 3.74. The lowest BCUT2D eigenvalue weighted by Crippen LogP contribution is -2.37. The lowest BCUT2D eigenvalue weighted by molar-refractivity contribution is 0.122. The van der Waals surface area contributed by atoms with Gasteiger partial charge in [0.2, 0.25) is 0 Å². The molecule has 30 heavy (non-hydrogen) atoms. The minimum atomic E-state index is 0. The zero-order chi connectivity index (χ0) is 20.5. The van der Waals surface area contributed by atoms with Gasteiger partial charge in [0.25, 0.3) is 0 Å². The fourth-order valence-electron chi connectivity index (χ4n) is 3.29. The van der Waals surface area contributed by atoms with Crippen LogP contribution in [0.15, 0.2) is 47.5 Å². The zero-order valence-electron chi connectivity index (χ0n) is 17.8. The maximum absolute atomic E-state index is 5.58. The van der Waals surface area contributed by atoms with Gasteiger partial charge in [0.05, 0.1) is 26.9 Å². The molecule has 0 atom stereocenters. The topological polar surface area (TPSA) is 67.4 Å². The number of nitrogens with zero attached hydrogens (tertiary/aromatic N) is 2. The first-order valence-electron chi connectivity index (χ1n) is 9.94. The second kappa shape index (κ2) is 12.5. The number of halogens is 1. The van der Waals surface area contributed by atoms with E-state index < -0.39 is 0 Å². The largest absolute Gasteiger partial charge is 0.493 e. The van der Waals surface area contributed by atoms with Crippen molar-refractivity contribution in [3.05, 3.63) is 48.0 Å². The van der Waals surface area contributed by atoms with Crippen molar-refractivity contribution < 1.29 is 14.2 Å². The minimum absolute atomic E-state index is 0. The monoisotopic (exact) mass is 526 g/mol. The number of para-hydroxylation sites is 1. The molecule has 0 unspecified atom stereocenters. The Morgan fingerprint density at radius 2 is 1.90 bits per heavy atom. The summed E-state index contributed by atoms with van der Waals surface area (Å²) in [5.41, 5.74) is 3.34. The number of nitrogens with one attached hydrogen (secondary N) is 2. The molecule has 3 rings (SSSR count). The lowest BCUT2D eigenvalue weighted by atomic mass is 10.1. The third-order valence-electron chi connectivity index (χ3n) is 4.74. The average molecular weight is 526 g/mol. The molecule has 2 aromatic rings. The Morgan fingerprint density at radius 3 is 2.60 bits per heavy atom. The summed E-state index contributed by atoms with van der Waals surface area (Å²) >= 11 is 0. The van der Waals surface area contributed by atoms with Crippen LogP contribution < -0.4 is 25.0 Å². The Morgan fingerprint density at radius 1 is 1.13 bits per heavy atom. The maximum atomic E-state index is 5.58. The summed E-state index contributed by atoms with van der Waals surface area (Å²) in [6.07, 6.45) is 0. The molecule has 0 spiro atoms. The van der Waals surface area contributed by atoms with Crippen molar-refractivity contribution in [2.24, 2.45) is 4.99 Å². The van der Waals surface area contributed by atoms with Gasteiger partial charge >= 0.3 is 0 Å². The number of morpholine rings is 1. The summed E-state index contributed by atoms with van der Waals surface area (Å²) in [5.74, 6) is 2.10. The summed E-state index contributed by atoms with van der Waals surface area (Å²) in [4.78, 5) is 6.71. The second-order valence-electron chi connectivity index (χ2n) is 6.58. The molecule has 0 amide bonds. The van der Waals surface area contributed by atoms with E-state index in [1.807, 2.05) is 25.1 Å². The highest BCUT2D eigenvalue weighted by atomic mass is 127. The SMILES string of the molecule is CCOc1ccc(NC(=NC)NCc2ccccc2N2CCOCC2)cc1OC.I. The third-order valence-corrected chi connectivity index (χ3v) is 4.74. The molecule has 1 fully saturated rings. The molecule has 1 aliphatic rings. The summed E-state index contributed by atoms with van der Waals surface area (Å²) < 4.78 is 16.5. The van der Waals surface area contributed by atoms with Crippen LogP contribution in [0, 0.1) is 0 Å². The summed E-state index contributed by atoms with van der Waals surface area (Å²) in [5, 5.41) is 6.71. The fraction of sp³-hybridized carbons (Fsp3) is 0.409. The molecular weight excluding hydrogens is 495 g/mol. The normalized spacial score (nSPS) is 14.0. The quantitative estimate of drug-likeness (QED) is 0.326. The number of aliphatic imine (C=N–C) groups is 1. The fourth-order valence-corrected chi connectivity index (χ4v) is 3.29. The van der Waals surface area contributed by atoms with Gasteiger partial charge in [-0.25, -0.2) is 0 Å². The van der Waals surface area contributed by atoms with Crippen LogP contribution in [0.5, 0.6) is 11.5 Å². The summed E-state index contributed by atoms with van der Waals surface area (Å²) in [6.45, 7) is 6.57. The number of ether oxygens (including phenoxy) is 3. The zero-order valence-corrected chi connectivity index (χ0v) is 20.1. The molecule has 0 radical (unpaired) electrons. The maximum Gasteiger partial charge on any atom is 0.195 e. The van der Waals surface area contributed by atoms with E-state index in [-0.39, 0.29) is 24.0 Å².